The van der Waals surface area contributed by atoms with Crippen molar-refractivity contribution in [2.75, 3.05) is 44.7 Å². The molecule has 0 aromatic heterocycles. The fourth-order valence-corrected chi connectivity index (χ4v) is 3.86. The largest absolute Gasteiger partial charge is 0.369 e. The molecule has 0 spiro atoms. The van der Waals surface area contributed by atoms with Crippen molar-refractivity contribution in [2.45, 2.75) is 6.42 Å². The number of likely N-dealkylation sites (N-methyl/N-ethyl adjacent to an activating group) is 1. The van der Waals surface area contributed by atoms with Crippen molar-refractivity contribution < 1.29 is 18.4 Å². The maximum absolute atomic E-state index is 13.9. The zero-order chi connectivity index (χ0) is 22.7. The minimum atomic E-state index is -0.966. The standard InChI is InChI=1S/C24H24F2N4O2/c1-29-10-12-30(13-11-29)17-5-2-4-16(14-17)15-21(31)23-20(8-9-27-23)28-24(32)22-18(25)6-3-7-19(22)26/h2-8,14H,9-13,15H2,1H3,(H,28,32). The summed E-state index contributed by atoms with van der Waals surface area (Å²) in [6.45, 7) is 4.03. The van der Waals surface area contributed by atoms with Crippen molar-refractivity contribution in [3.05, 3.63) is 77.0 Å². The van der Waals surface area contributed by atoms with Gasteiger partial charge in [0.05, 0.1) is 12.2 Å². The van der Waals surface area contributed by atoms with Crippen molar-refractivity contribution in [2.24, 2.45) is 4.99 Å². The van der Waals surface area contributed by atoms with Gasteiger partial charge in [-0.15, -0.1) is 0 Å². The highest BCUT2D eigenvalue weighted by atomic mass is 19.1. The molecule has 4 rings (SSSR count). The van der Waals surface area contributed by atoms with E-state index in [0.717, 1.165) is 49.6 Å². The monoisotopic (exact) mass is 438 g/mol. The van der Waals surface area contributed by atoms with Crippen LogP contribution in [0, 0.1) is 11.6 Å². The predicted molar refractivity (Wildman–Crippen MR) is 119 cm³/mol. The topological polar surface area (TPSA) is 65.0 Å². The molecule has 0 atom stereocenters. The fraction of sp³-hybridized carbons (Fsp3) is 0.292. The Morgan fingerprint density at radius 3 is 2.44 bits per heavy atom. The summed E-state index contributed by atoms with van der Waals surface area (Å²) < 4.78 is 27.8. The van der Waals surface area contributed by atoms with E-state index in [1.807, 2.05) is 24.3 Å². The number of halogens is 2. The van der Waals surface area contributed by atoms with Crippen LogP contribution in [0.5, 0.6) is 0 Å². The van der Waals surface area contributed by atoms with Gasteiger partial charge in [-0.1, -0.05) is 18.2 Å². The number of carbonyl (C=O) groups is 2. The molecule has 0 saturated carbocycles. The minimum Gasteiger partial charge on any atom is -0.369 e. The second-order valence-electron chi connectivity index (χ2n) is 7.92. The van der Waals surface area contributed by atoms with Crippen LogP contribution in [-0.4, -0.2) is 62.1 Å². The summed E-state index contributed by atoms with van der Waals surface area (Å²) in [5.41, 5.74) is 1.51. The molecule has 0 bridgehead atoms. The molecule has 1 N–H and O–H groups in total. The molecule has 2 aromatic carbocycles. The number of rotatable bonds is 6. The third-order valence-corrected chi connectivity index (χ3v) is 5.65. The summed E-state index contributed by atoms with van der Waals surface area (Å²) in [5.74, 6) is -3.15. The van der Waals surface area contributed by atoms with Gasteiger partial charge >= 0.3 is 0 Å². The Balaban J connectivity index is 1.43. The SMILES string of the molecule is CN1CCN(c2cccc(CC(=O)C3=NCC=C3NC(=O)c3c(F)cccc3F)c2)CC1. The van der Waals surface area contributed by atoms with E-state index in [2.05, 4.69) is 27.2 Å². The molecule has 166 valence electrons. The summed E-state index contributed by atoms with van der Waals surface area (Å²) >= 11 is 0. The van der Waals surface area contributed by atoms with Gasteiger partial charge in [-0.25, -0.2) is 8.78 Å². The van der Waals surface area contributed by atoms with E-state index in [1.54, 1.807) is 6.08 Å². The first-order chi connectivity index (χ1) is 15.4. The van der Waals surface area contributed by atoms with Crippen LogP contribution in [0.15, 0.2) is 59.2 Å². The average Bonchev–Trinajstić information content (AvgIpc) is 3.22. The molecule has 2 aliphatic heterocycles. The normalized spacial score (nSPS) is 16.5. The van der Waals surface area contributed by atoms with Gasteiger partial charge < -0.3 is 15.1 Å². The number of nitrogens with zero attached hydrogens (tertiary/aromatic N) is 3. The van der Waals surface area contributed by atoms with Crippen LogP contribution in [0.1, 0.15) is 15.9 Å². The number of piperazine rings is 1. The highest BCUT2D eigenvalue weighted by Crippen LogP contribution is 2.20. The third kappa shape index (κ3) is 4.75. The van der Waals surface area contributed by atoms with Gasteiger partial charge in [-0.05, 0) is 43.0 Å². The molecular formula is C24H24F2N4O2. The van der Waals surface area contributed by atoms with Crippen molar-refractivity contribution in [1.29, 1.82) is 0 Å². The minimum absolute atomic E-state index is 0.111. The Hall–Kier alpha value is -3.39. The van der Waals surface area contributed by atoms with Gasteiger partial charge in [0.25, 0.3) is 5.91 Å². The Morgan fingerprint density at radius 1 is 1.03 bits per heavy atom. The molecule has 1 saturated heterocycles. The van der Waals surface area contributed by atoms with Crippen LogP contribution < -0.4 is 10.2 Å². The second-order valence-corrected chi connectivity index (χ2v) is 7.92. The summed E-state index contributed by atoms with van der Waals surface area (Å²) in [7, 11) is 2.10. The number of nitrogens with one attached hydrogen (secondary N) is 1. The number of amides is 1. The number of hydrogen-bond acceptors (Lipinski definition) is 5. The lowest BCUT2D eigenvalue weighted by molar-refractivity contribution is -0.112. The van der Waals surface area contributed by atoms with Crippen LogP contribution in [0.3, 0.4) is 0 Å². The smallest absolute Gasteiger partial charge is 0.261 e. The van der Waals surface area contributed by atoms with Gasteiger partial charge in [0.15, 0.2) is 5.78 Å². The Morgan fingerprint density at radius 2 is 1.72 bits per heavy atom. The van der Waals surface area contributed by atoms with Gasteiger partial charge in [0.1, 0.15) is 22.9 Å². The molecule has 6 nitrogen and oxygen atoms in total. The van der Waals surface area contributed by atoms with Crippen molar-refractivity contribution in [1.82, 2.24) is 10.2 Å². The Bertz CT molecular complexity index is 1080. The molecule has 1 amide bonds. The number of hydrogen-bond donors (Lipinski definition) is 1. The Labute approximate surface area is 185 Å². The van der Waals surface area contributed by atoms with Crippen LogP contribution >= 0.6 is 0 Å². The number of benzene rings is 2. The van der Waals surface area contributed by atoms with Crippen molar-refractivity contribution >= 4 is 23.1 Å². The number of anilines is 1. The molecule has 1 fully saturated rings. The zero-order valence-corrected chi connectivity index (χ0v) is 17.8. The lowest BCUT2D eigenvalue weighted by Crippen LogP contribution is -2.44. The highest BCUT2D eigenvalue weighted by Gasteiger charge is 2.25. The number of ketones is 1. The van der Waals surface area contributed by atoms with E-state index >= 15 is 0 Å². The number of aliphatic imine (C=N–C) groups is 1. The van der Waals surface area contributed by atoms with Crippen LogP contribution in [0.2, 0.25) is 0 Å². The predicted octanol–water partition coefficient (Wildman–Crippen LogP) is 2.60. The van der Waals surface area contributed by atoms with E-state index in [0.29, 0.717) is 0 Å². The molecule has 2 heterocycles. The fourth-order valence-electron chi connectivity index (χ4n) is 3.86. The van der Waals surface area contributed by atoms with Crippen molar-refractivity contribution in [3.8, 4) is 0 Å². The maximum atomic E-state index is 13.9. The van der Waals surface area contributed by atoms with Gasteiger partial charge in [0.2, 0.25) is 0 Å². The molecule has 2 aromatic rings. The van der Waals surface area contributed by atoms with Crippen LogP contribution in [0.4, 0.5) is 14.5 Å². The van der Waals surface area contributed by atoms with Gasteiger partial charge in [0, 0.05) is 38.3 Å². The summed E-state index contributed by atoms with van der Waals surface area (Å²) in [5, 5.41) is 2.44. The molecule has 0 radical (unpaired) electrons. The molecule has 0 unspecified atom stereocenters. The summed E-state index contributed by atoms with van der Waals surface area (Å²) in [4.78, 5) is 34.1. The van der Waals surface area contributed by atoms with Gasteiger partial charge in [-0.2, -0.15) is 0 Å². The first kappa shape index (κ1) is 21.8. The number of carbonyl (C=O) groups excluding carboxylic acids is 2. The van der Waals surface area contributed by atoms with E-state index in [9.17, 15) is 18.4 Å². The molecule has 32 heavy (non-hydrogen) atoms. The quantitative estimate of drug-likeness (QED) is 0.753. The molecular weight excluding hydrogens is 414 g/mol. The summed E-state index contributed by atoms with van der Waals surface area (Å²) in [6, 6.07) is 11.0. The molecule has 8 heteroatoms. The maximum Gasteiger partial charge on any atom is 0.261 e. The summed E-state index contributed by atoms with van der Waals surface area (Å²) in [6.07, 6.45) is 1.67. The first-order valence-electron chi connectivity index (χ1n) is 10.5. The lowest BCUT2D eigenvalue weighted by atomic mass is 10.0. The first-order valence-corrected chi connectivity index (χ1v) is 10.5. The second kappa shape index (κ2) is 9.40. The van der Waals surface area contributed by atoms with E-state index in [1.165, 1.54) is 6.07 Å². The molecule has 2 aliphatic rings. The number of Topliss-reactive ketones (excluding diaryl/α,β-unsaturated/α-hetero) is 1. The van der Waals surface area contributed by atoms with Crippen molar-refractivity contribution in [3.63, 3.8) is 0 Å². The Kier molecular flexibility index (Phi) is 6.41. The van der Waals surface area contributed by atoms with Crippen LogP contribution in [0.25, 0.3) is 0 Å². The zero-order valence-electron chi connectivity index (χ0n) is 17.8. The van der Waals surface area contributed by atoms with Crippen LogP contribution in [-0.2, 0) is 11.2 Å². The van der Waals surface area contributed by atoms with E-state index in [4.69, 9.17) is 0 Å². The van der Waals surface area contributed by atoms with Gasteiger partial charge in [-0.3, -0.25) is 14.6 Å². The number of allylic oxidation sites excluding steroid dienone is 1. The van der Waals surface area contributed by atoms with E-state index < -0.39 is 23.1 Å². The average molecular weight is 438 g/mol. The van der Waals surface area contributed by atoms with E-state index in [-0.39, 0.29) is 30.2 Å². The molecule has 0 aliphatic carbocycles. The lowest BCUT2D eigenvalue weighted by Gasteiger charge is -2.34. The third-order valence-electron chi connectivity index (χ3n) is 5.65. The highest BCUT2D eigenvalue weighted by molar-refractivity contribution is 6.47.